The molecule has 0 amide bonds. The van der Waals surface area contributed by atoms with E-state index in [4.69, 9.17) is 0 Å². The zero-order valence-electron chi connectivity index (χ0n) is 15.7. The van der Waals surface area contributed by atoms with Crippen molar-refractivity contribution >= 4 is 0 Å². The molecule has 0 spiro atoms. The minimum Gasteiger partial charge on any atom is -0.392 e. The number of nitrogens with zero attached hydrogens (tertiary/aromatic N) is 2. The molecular formula is C19H38N2O. The zero-order valence-corrected chi connectivity index (χ0v) is 15.7. The Labute approximate surface area is 138 Å². The van der Waals surface area contributed by atoms with Crippen LogP contribution in [0.4, 0.5) is 0 Å². The van der Waals surface area contributed by atoms with Crippen molar-refractivity contribution in [1.29, 1.82) is 0 Å². The molecule has 130 valence electrons. The average molecular weight is 311 g/mol. The van der Waals surface area contributed by atoms with E-state index in [-0.39, 0.29) is 11.5 Å². The highest BCUT2D eigenvalue weighted by atomic mass is 16.3. The highest BCUT2D eigenvalue weighted by Crippen LogP contribution is 2.39. The second-order valence-electron chi connectivity index (χ2n) is 9.11. The second kappa shape index (κ2) is 7.19. The Hall–Kier alpha value is -0.120. The fraction of sp³-hybridized carbons (Fsp3) is 1.00. The summed E-state index contributed by atoms with van der Waals surface area (Å²) >= 11 is 0. The Bertz CT molecular complexity index is 337. The zero-order chi connectivity index (χ0) is 16.5. The predicted molar refractivity (Wildman–Crippen MR) is 94.0 cm³/mol. The van der Waals surface area contributed by atoms with E-state index in [0.717, 1.165) is 37.4 Å². The van der Waals surface area contributed by atoms with Crippen LogP contribution in [-0.2, 0) is 0 Å². The summed E-state index contributed by atoms with van der Waals surface area (Å²) in [6, 6.07) is 1.39. The lowest BCUT2D eigenvalue weighted by molar-refractivity contribution is -0.0336. The molecule has 3 heterocycles. The van der Waals surface area contributed by atoms with Gasteiger partial charge in [0.2, 0.25) is 0 Å². The molecule has 1 aliphatic carbocycles. The molecule has 3 nitrogen and oxygen atoms in total. The molecule has 1 N–H and O–H groups in total. The summed E-state index contributed by atoms with van der Waals surface area (Å²) in [5.41, 5.74) is 0.0719. The highest BCUT2D eigenvalue weighted by Gasteiger charge is 2.37. The third-order valence-electron chi connectivity index (χ3n) is 5.98. The molecule has 0 aromatic carbocycles. The lowest BCUT2D eigenvalue weighted by Crippen LogP contribution is -2.50. The lowest BCUT2D eigenvalue weighted by atomic mass is 9.71. The van der Waals surface area contributed by atoms with Crippen LogP contribution in [0.1, 0.15) is 60.8 Å². The largest absolute Gasteiger partial charge is 0.392 e. The van der Waals surface area contributed by atoms with Gasteiger partial charge in [-0.2, -0.15) is 0 Å². The molecule has 4 aliphatic rings. The first kappa shape index (κ1) is 18.2. The van der Waals surface area contributed by atoms with Gasteiger partial charge in [0.1, 0.15) is 0 Å². The van der Waals surface area contributed by atoms with Gasteiger partial charge in [0.15, 0.2) is 0 Å². The fourth-order valence-electron chi connectivity index (χ4n) is 4.16. The molecule has 2 bridgehead atoms. The van der Waals surface area contributed by atoms with Gasteiger partial charge in [-0.05, 0) is 58.8 Å². The molecule has 3 saturated heterocycles. The van der Waals surface area contributed by atoms with Crippen molar-refractivity contribution in [2.24, 2.45) is 17.3 Å². The summed E-state index contributed by atoms with van der Waals surface area (Å²) in [5.74, 6) is 2.14. The Morgan fingerprint density at radius 3 is 1.77 bits per heavy atom. The van der Waals surface area contributed by atoms with Crippen LogP contribution >= 0.6 is 0 Å². The van der Waals surface area contributed by atoms with Crippen molar-refractivity contribution in [3.63, 3.8) is 0 Å². The van der Waals surface area contributed by atoms with Crippen LogP contribution in [0.5, 0.6) is 0 Å². The molecule has 1 atom stereocenters. The Morgan fingerprint density at radius 1 is 0.909 bits per heavy atom. The van der Waals surface area contributed by atoms with E-state index in [1.54, 1.807) is 0 Å². The van der Waals surface area contributed by atoms with Crippen LogP contribution in [0.2, 0.25) is 0 Å². The molecule has 4 rings (SSSR count). The number of fused-ring (bicyclic) bond motifs is 2. The van der Waals surface area contributed by atoms with Crippen LogP contribution < -0.4 is 0 Å². The van der Waals surface area contributed by atoms with E-state index in [2.05, 4.69) is 51.3 Å². The lowest BCUT2D eigenvalue weighted by Gasteiger charge is -2.48. The maximum absolute atomic E-state index is 9.71. The second-order valence-corrected chi connectivity index (χ2v) is 9.11. The minimum atomic E-state index is -0.118. The minimum absolute atomic E-state index is 0.0719. The summed E-state index contributed by atoms with van der Waals surface area (Å²) in [7, 11) is 0. The van der Waals surface area contributed by atoms with Gasteiger partial charge in [-0.25, -0.2) is 0 Å². The molecule has 0 aromatic heterocycles. The van der Waals surface area contributed by atoms with E-state index in [1.165, 1.54) is 25.9 Å². The topological polar surface area (TPSA) is 26.7 Å². The number of aliphatic hydroxyl groups is 1. The van der Waals surface area contributed by atoms with E-state index < -0.39 is 0 Å². The van der Waals surface area contributed by atoms with Crippen molar-refractivity contribution in [2.75, 3.05) is 26.2 Å². The van der Waals surface area contributed by atoms with Crippen molar-refractivity contribution in [2.45, 2.75) is 79.0 Å². The highest BCUT2D eigenvalue weighted by molar-refractivity contribution is 4.90. The van der Waals surface area contributed by atoms with Crippen molar-refractivity contribution in [1.82, 2.24) is 9.80 Å². The number of aliphatic hydroxyl groups excluding tert-OH is 1. The Morgan fingerprint density at radius 2 is 1.41 bits per heavy atom. The van der Waals surface area contributed by atoms with Gasteiger partial charge >= 0.3 is 0 Å². The van der Waals surface area contributed by atoms with Crippen LogP contribution in [0.3, 0.4) is 0 Å². The van der Waals surface area contributed by atoms with Gasteiger partial charge in [-0.1, -0.05) is 13.8 Å². The smallest absolute Gasteiger partial charge is 0.0615 e. The first-order valence-corrected chi connectivity index (χ1v) is 9.35. The standard InChI is InChI=1S/C10H21NO.C9H17N/c1-8(2)11-6-5-9(12)10(3,4)7-11;1-7(2)10-5-8-3-9(4-8)6-10/h8-9,12H,5-7H2,1-4H3;7-9H,3-6H2,1-2H3. The van der Waals surface area contributed by atoms with Gasteiger partial charge in [0.05, 0.1) is 6.10 Å². The van der Waals surface area contributed by atoms with Gasteiger partial charge in [0.25, 0.3) is 0 Å². The van der Waals surface area contributed by atoms with Crippen molar-refractivity contribution in [3.8, 4) is 0 Å². The summed E-state index contributed by atoms with van der Waals surface area (Å²) in [5, 5.41) is 9.71. The van der Waals surface area contributed by atoms with Crippen LogP contribution in [-0.4, -0.2) is 59.3 Å². The summed E-state index contributed by atoms with van der Waals surface area (Å²) in [6.45, 7) is 18.2. The molecule has 3 heteroatoms. The molecule has 0 radical (unpaired) electrons. The maximum Gasteiger partial charge on any atom is 0.0615 e. The number of hydrogen-bond donors (Lipinski definition) is 1. The molecular weight excluding hydrogens is 272 g/mol. The molecule has 4 fully saturated rings. The number of piperidine rings is 3. The van der Waals surface area contributed by atoms with Crippen molar-refractivity contribution < 1.29 is 5.11 Å². The number of rotatable bonds is 2. The van der Waals surface area contributed by atoms with E-state index in [0.29, 0.717) is 6.04 Å². The van der Waals surface area contributed by atoms with Gasteiger partial charge < -0.3 is 14.9 Å². The Balaban J connectivity index is 0.000000162. The first-order chi connectivity index (χ1) is 10.2. The summed E-state index contributed by atoms with van der Waals surface area (Å²) in [6.07, 6.45) is 3.87. The quantitative estimate of drug-likeness (QED) is 0.848. The van der Waals surface area contributed by atoms with Crippen LogP contribution in [0.25, 0.3) is 0 Å². The first-order valence-electron chi connectivity index (χ1n) is 9.35. The fourth-order valence-corrected chi connectivity index (χ4v) is 4.16. The predicted octanol–water partition coefficient (Wildman–Crippen LogP) is 3.22. The van der Waals surface area contributed by atoms with Gasteiger partial charge in [-0.15, -0.1) is 0 Å². The average Bonchev–Trinajstić information content (AvgIpc) is 2.41. The monoisotopic (exact) mass is 310 g/mol. The van der Waals surface area contributed by atoms with Crippen molar-refractivity contribution in [3.05, 3.63) is 0 Å². The summed E-state index contributed by atoms with van der Waals surface area (Å²) in [4.78, 5) is 5.06. The van der Waals surface area contributed by atoms with E-state index in [1.807, 2.05) is 0 Å². The van der Waals surface area contributed by atoms with Crippen LogP contribution in [0, 0.1) is 17.3 Å². The number of hydrogen-bond acceptors (Lipinski definition) is 3. The third kappa shape index (κ3) is 4.46. The van der Waals surface area contributed by atoms with Gasteiger partial charge in [-0.3, -0.25) is 0 Å². The van der Waals surface area contributed by atoms with Gasteiger partial charge in [0, 0.05) is 43.7 Å². The maximum atomic E-state index is 9.71. The molecule has 1 saturated carbocycles. The normalized spacial score (nSPS) is 35.0. The Kier molecular flexibility index (Phi) is 5.95. The molecule has 3 aliphatic heterocycles. The van der Waals surface area contributed by atoms with E-state index >= 15 is 0 Å². The molecule has 1 unspecified atom stereocenters. The SMILES string of the molecule is CC(C)N1CC2CC(C2)C1.CC(C)N1CCC(O)C(C)(C)C1. The summed E-state index contributed by atoms with van der Waals surface area (Å²) < 4.78 is 0. The van der Waals surface area contributed by atoms with Crippen LogP contribution in [0.15, 0.2) is 0 Å². The van der Waals surface area contributed by atoms with E-state index in [9.17, 15) is 5.11 Å². The molecule has 22 heavy (non-hydrogen) atoms. The third-order valence-corrected chi connectivity index (χ3v) is 5.98. The molecule has 0 aromatic rings. The number of likely N-dealkylation sites (tertiary alicyclic amines) is 1.